The number of benzene rings is 1. The molecule has 2 atom stereocenters. The fraction of sp³-hybridized carbons (Fsp3) is 0.524. The van der Waals surface area contributed by atoms with Crippen LogP contribution in [0.3, 0.4) is 0 Å². The summed E-state index contributed by atoms with van der Waals surface area (Å²) in [6.07, 6.45) is 9.13. The highest BCUT2D eigenvalue weighted by Gasteiger charge is 2.26. The van der Waals surface area contributed by atoms with E-state index in [4.69, 9.17) is 14.9 Å². The fourth-order valence-corrected chi connectivity index (χ4v) is 3.65. The molecule has 0 aromatic heterocycles. The average molecular weight is 386 g/mol. The van der Waals surface area contributed by atoms with Gasteiger partial charge in [-0.25, -0.2) is 5.48 Å². The van der Waals surface area contributed by atoms with Gasteiger partial charge in [0, 0.05) is 43.4 Å². The summed E-state index contributed by atoms with van der Waals surface area (Å²) in [5.74, 6) is 0.640. The van der Waals surface area contributed by atoms with Gasteiger partial charge in [-0.05, 0) is 31.4 Å². The molecule has 1 unspecified atom stereocenters. The smallest absolute Gasteiger partial charge is 0.243 e. The number of nitrogens with zero attached hydrogens (tertiary/aromatic N) is 2. The van der Waals surface area contributed by atoms with Crippen LogP contribution in [0.25, 0.3) is 0 Å². The van der Waals surface area contributed by atoms with Gasteiger partial charge in [0.25, 0.3) is 0 Å². The third kappa shape index (κ3) is 5.56. The number of carbonyl (C=O) groups is 1. The summed E-state index contributed by atoms with van der Waals surface area (Å²) in [6, 6.07) is 8.41. The Kier molecular flexibility index (Phi) is 7.45. The van der Waals surface area contributed by atoms with E-state index in [1.165, 1.54) is 5.56 Å². The highest BCUT2D eigenvalue weighted by atomic mass is 16.5. The molecule has 0 saturated carbocycles. The van der Waals surface area contributed by atoms with Gasteiger partial charge < -0.3 is 9.64 Å². The Morgan fingerprint density at radius 1 is 1.29 bits per heavy atom. The quantitative estimate of drug-likeness (QED) is 0.345. The van der Waals surface area contributed by atoms with E-state index < -0.39 is 0 Å². The van der Waals surface area contributed by atoms with Gasteiger partial charge in [0.15, 0.2) is 6.29 Å². The molecule has 28 heavy (non-hydrogen) atoms. The summed E-state index contributed by atoms with van der Waals surface area (Å²) in [5, 5.41) is 12.2. The molecule has 0 radical (unpaired) electrons. The Morgan fingerprint density at radius 3 is 2.96 bits per heavy atom. The zero-order chi connectivity index (χ0) is 19.8. The van der Waals surface area contributed by atoms with Gasteiger partial charge in [0.05, 0.1) is 6.61 Å². The molecule has 2 heterocycles. The van der Waals surface area contributed by atoms with E-state index >= 15 is 0 Å². The maximum absolute atomic E-state index is 11.0. The first-order chi connectivity index (χ1) is 13.7. The van der Waals surface area contributed by atoms with Crippen molar-refractivity contribution in [3.05, 3.63) is 41.6 Å². The summed E-state index contributed by atoms with van der Waals surface area (Å²) in [7, 11) is 0. The first-order valence-electron chi connectivity index (χ1n) is 10.1. The molecule has 2 aliphatic heterocycles. The molecule has 152 valence electrons. The molecule has 1 aromatic carbocycles. The predicted molar refractivity (Wildman–Crippen MR) is 108 cm³/mol. The van der Waals surface area contributed by atoms with Crippen LogP contribution in [0.1, 0.15) is 57.1 Å². The Morgan fingerprint density at radius 2 is 2.11 bits per heavy atom. The number of ether oxygens (including phenoxy) is 1. The van der Waals surface area contributed by atoms with Gasteiger partial charge in [-0.3, -0.25) is 20.3 Å². The second kappa shape index (κ2) is 10.2. The number of carbonyl (C=O) groups excluding carboxylic acids is 1. The number of fused-ring (bicyclic) bond motifs is 1. The van der Waals surface area contributed by atoms with Crippen molar-refractivity contribution >= 4 is 12.1 Å². The van der Waals surface area contributed by atoms with Crippen LogP contribution in [-0.2, 0) is 4.79 Å². The van der Waals surface area contributed by atoms with Gasteiger partial charge in [-0.2, -0.15) is 0 Å². The molecular weight excluding hydrogens is 356 g/mol. The zero-order valence-corrected chi connectivity index (χ0v) is 16.4. The minimum Gasteiger partial charge on any atom is -0.493 e. The van der Waals surface area contributed by atoms with E-state index in [9.17, 15) is 4.79 Å². The lowest BCUT2D eigenvalue weighted by atomic mass is 10.0. The van der Waals surface area contributed by atoms with Crippen molar-refractivity contribution in [2.24, 2.45) is 4.99 Å². The van der Waals surface area contributed by atoms with Crippen LogP contribution in [0.4, 0.5) is 0 Å². The van der Waals surface area contributed by atoms with Crippen LogP contribution >= 0.6 is 0 Å². The van der Waals surface area contributed by atoms with Gasteiger partial charge >= 0.3 is 0 Å². The van der Waals surface area contributed by atoms with E-state index in [0.29, 0.717) is 13.0 Å². The first-order valence-corrected chi connectivity index (χ1v) is 10.1. The summed E-state index contributed by atoms with van der Waals surface area (Å²) in [6.45, 7) is 3.68. The van der Waals surface area contributed by atoms with Crippen LogP contribution in [0.2, 0.25) is 0 Å². The summed E-state index contributed by atoms with van der Waals surface area (Å²) in [4.78, 5) is 18.0. The minimum absolute atomic E-state index is 0.0833. The van der Waals surface area contributed by atoms with Crippen molar-refractivity contribution in [3.8, 4) is 5.75 Å². The first kappa shape index (κ1) is 20.4. The van der Waals surface area contributed by atoms with Crippen LogP contribution in [0.15, 0.2) is 41.0 Å². The monoisotopic (exact) mass is 386 g/mol. The second-order valence-corrected chi connectivity index (χ2v) is 7.36. The summed E-state index contributed by atoms with van der Waals surface area (Å²) >= 11 is 0. The highest BCUT2D eigenvalue weighted by molar-refractivity contribution is 5.78. The summed E-state index contributed by atoms with van der Waals surface area (Å²) in [5.41, 5.74) is 4.01. The summed E-state index contributed by atoms with van der Waals surface area (Å²) < 4.78 is 5.77. The number of hydrogen-bond donors (Lipinski definition) is 3. The SMILES string of the molecule is CC1=CN(CCCCCCC(=O)NO)[C@H](NC2CCOc3ccccc32)N=C1. The van der Waals surface area contributed by atoms with E-state index in [-0.39, 0.29) is 18.2 Å². The average Bonchev–Trinajstić information content (AvgIpc) is 2.72. The standard InChI is InChI=1S/C21H30N4O3/c1-16-14-22-21(23-18-11-13-28-19-9-6-5-8-17(18)19)25(15-16)12-7-3-2-4-10-20(26)24-27/h5-6,8-9,14-15,18,21,23,27H,2-4,7,10-13H2,1H3,(H,24,26)/t18?,21-/m0/s1. The van der Waals surface area contributed by atoms with Crippen molar-refractivity contribution < 1.29 is 14.7 Å². The molecule has 0 fully saturated rings. The Balaban J connectivity index is 1.51. The van der Waals surface area contributed by atoms with Gasteiger partial charge in [-0.1, -0.05) is 31.0 Å². The second-order valence-electron chi connectivity index (χ2n) is 7.36. The maximum Gasteiger partial charge on any atom is 0.243 e. The molecule has 0 saturated heterocycles. The molecule has 3 N–H and O–H groups in total. The number of rotatable bonds is 9. The number of aliphatic imine (C=N–C) groups is 1. The number of hydrogen-bond acceptors (Lipinski definition) is 6. The Labute approximate surface area is 166 Å². The molecule has 7 heteroatoms. The molecule has 0 aliphatic carbocycles. The third-order valence-electron chi connectivity index (χ3n) is 5.11. The van der Waals surface area contributed by atoms with Crippen LogP contribution in [0, 0.1) is 0 Å². The molecule has 1 amide bonds. The van der Waals surface area contributed by atoms with Gasteiger partial charge in [0.1, 0.15) is 5.75 Å². The number of amides is 1. The molecule has 7 nitrogen and oxygen atoms in total. The lowest BCUT2D eigenvalue weighted by Gasteiger charge is -2.36. The van der Waals surface area contributed by atoms with E-state index in [1.54, 1.807) is 5.48 Å². The molecule has 0 spiro atoms. The van der Waals surface area contributed by atoms with Crippen molar-refractivity contribution in [3.63, 3.8) is 0 Å². The predicted octanol–water partition coefficient (Wildman–Crippen LogP) is 3.13. The van der Waals surface area contributed by atoms with E-state index in [1.807, 2.05) is 24.4 Å². The Bertz CT molecular complexity index is 719. The van der Waals surface area contributed by atoms with Gasteiger partial charge in [-0.15, -0.1) is 0 Å². The molecule has 2 aliphatic rings. The van der Waals surface area contributed by atoms with Crippen LogP contribution in [-0.4, -0.2) is 41.7 Å². The van der Waals surface area contributed by atoms with Crippen molar-refractivity contribution in [1.29, 1.82) is 0 Å². The maximum atomic E-state index is 11.0. The number of hydroxylamine groups is 1. The van der Waals surface area contributed by atoms with E-state index in [2.05, 4.69) is 29.4 Å². The fourth-order valence-electron chi connectivity index (χ4n) is 3.65. The zero-order valence-electron chi connectivity index (χ0n) is 16.4. The molecule has 0 bridgehead atoms. The largest absolute Gasteiger partial charge is 0.493 e. The molecule has 3 rings (SSSR count). The van der Waals surface area contributed by atoms with Crippen molar-refractivity contribution in [2.75, 3.05) is 13.2 Å². The van der Waals surface area contributed by atoms with E-state index in [0.717, 1.165) is 50.0 Å². The van der Waals surface area contributed by atoms with Crippen molar-refractivity contribution in [2.45, 2.75) is 57.8 Å². The van der Waals surface area contributed by atoms with Crippen molar-refractivity contribution in [1.82, 2.24) is 15.7 Å². The number of nitrogens with one attached hydrogen (secondary N) is 2. The normalized spacial score (nSPS) is 20.9. The minimum atomic E-state index is -0.315. The third-order valence-corrected chi connectivity index (χ3v) is 5.11. The van der Waals surface area contributed by atoms with Gasteiger partial charge in [0.2, 0.25) is 5.91 Å². The van der Waals surface area contributed by atoms with Crippen LogP contribution in [0.5, 0.6) is 5.75 Å². The molecule has 1 aromatic rings. The number of para-hydroxylation sites is 1. The molecular formula is C21H30N4O3. The lowest BCUT2D eigenvalue weighted by Crippen LogP contribution is -2.46. The number of allylic oxidation sites excluding steroid dienone is 1. The lowest BCUT2D eigenvalue weighted by molar-refractivity contribution is -0.129. The number of unbranched alkanes of at least 4 members (excludes halogenated alkanes) is 3. The highest BCUT2D eigenvalue weighted by Crippen LogP contribution is 2.32. The topological polar surface area (TPSA) is 86.2 Å². The van der Waals surface area contributed by atoms with Crippen LogP contribution < -0.4 is 15.5 Å². The Hall–Kier alpha value is -2.38.